The summed E-state index contributed by atoms with van der Waals surface area (Å²) >= 11 is 0. The molecule has 0 fully saturated rings. The number of anilines is 3. The highest BCUT2D eigenvalue weighted by atomic mass is 32.2. The van der Waals surface area contributed by atoms with E-state index in [4.69, 9.17) is 5.73 Å². The van der Waals surface area contributed by atoms with Gasteiger partial charge in [-0.3, -0.25) is 5.10 Å². The molecule has 0 unspecified atom stereocenters. The summed E-state index contributed by atoms with van der Waals surface area (Å²) in [5, 5.41) is 10.7. The number of sulfone groups is 1. The van der Waals surface area contributed by atoms with Crippen LogP contribution in [0.2, 0.25) is 0 Å². The summed E-state index contributed by atoms with van der Waals surface area (Å²) in [4.78, 5) is 12.2. The van der Waals surface area contributed by atoms with E-state index in [0.717, 1.165) is 23.3 Å². The van der Waals surface area contributed by atoms with Crippen molar-refractivity contribution in [1.82, 2.24) is 25.1 Å². The topological polar surface area (TPSA) is 140 Å². The molecule has 0 saturated carbocycles. The van der Waals surface area contributed by atoms with Gasteiger partial charge in [0.2, 0.25) is 5.95 Å². The molecule has 0 bridgehead atoms. The Kier molecular flexibility index (Phi) is 4.38. The van der Waals surface area contributed by atoms with Gasteiger partial charge in [0, 0.05) is 24.2 Å². The van der Waals surface area contributed by atoms with E-state index >= 15 is 0 Å². The summed E-state index contributed by atoms with van der Waals surface area (Å²) in [6.45, 7) is 1.92. The second-order valence-corrected chi connectivity index (χ2v) is 8.50. The van der Waals surface area contributed by atoms with Gasteiger partial charge in [-0.2, -0.15) is 10.1 Å². The Morgan fingerprint density at radius 2 is 1.97 bits per heavy atom. The number of halogens is 1. The molecule has 4 aromatic rings. The van der Waals surface area contributed by atoms with Gasteiger partial charge in [0.1, 0.15) is 22.3 Å². The highest BCUT2D eigenvalue weighted by molar-refractivity contribution is 7.90. The summed E-state index contributed by atoms with van der Waals surface area (Å²) in [6, 6.07) is 5.62. The minimum absolute atomic E-state index is 0.103. The summed E-state index contributed by atoms with van der Waals surface area (Å²) in [7, 11) is -3.73. The number of fused-ring (bicyclic) bond motifs is 1. The van der Waals surface area contributed by atoms with Crippen LogP contribution in [0, 0.1) is 12.7 Å². The summed E-state index contributed by atoms with van der Waals surface area (Å²) in [5.74, 6) is 0.0454. The molecule has 0 radical (unpaired) electrons. The average Bonchev–Trinajstić information content (AvgIpc) is 3.03. The summed E-state index contributed by atoms with van der Waals surface area (Å²) < 4.78 is 37.4. The van der Waals surface area contributed by atoms with Crippen molar-refractivity contribution in [3.8, 4) is 11.1 Å². The van der Waals surface area contributed by atoms with E-state index in [2.05, 4.69) is 30.5 Å². The summed E-state index contributed by atoms with van der Waals surface area (Å²) in [6.07, 6.45) is 4.09. The van der Waals surface area contributed by atoms with Crippen molar-refractivity contribution in [2.75, 3.05) is 17.3 Å². The first kappa shape index (κ1) is 18.7. The normalized spacial score (nSPS) is 11.7. The van der Waals surface area contributed by atoms with Gasteiger partial charge < -0.3 is 11.1 Å². The van der Waals surface area contributed by atoms with Gasteiger partial charge in [0.25, 0.3) is 0 Å². The number of hydrogen-bond acceptors (Lipinski definition) is 8. The second kappa shape index (κ2) is 6.78. The van der Waals surface area contributed by atoms with Crippen LogP contribution in [0.3, 0.4) is 0 Å². The zero-order chi connectivity index (χ0) is 20.8. The van der Waals surface area contributed by atoms with Crippen LogP contribution < -0.4 is 11.1 Å². The summed E-state index contributed by atoms with van der Waals surface area (Å²) in [5.41, 5.74) is 8.33. The Hall–Kier alpha value is -3.60. The number of benzene rings is 1. The molecule has 3 aromatic heterocycles. The third-order valence-electron chi connectivity index (χ3n) is 4.24. The average molecular weight is 413 g/mol. The molecular formula is C18H16FN7O2S. The number of nitrogen functional groups attached to an aromatic ring is 1. The quantitative estimate of drug-likeness (QED) is 0.464. The molecule has 1 aromatic carbocycles. The lowest BCUT2D eigenvalue weighted by Gasteiger charge is -2.09. The number of hydrogen-bond donors (Lipinski definition) is 3. The molecule has 0 amide bonds. The third-order valence-corrected chi connectivity index (χ3v) is 5.35. The highest BCUT2D eigenvalue weighted by Crippen LogP contribution is 2.29. The first-order chi connectivity index (χ1) is 13.7. The molecule has 4 N–H and O–H groups in total. The molecule has 4 rings (SSSR count). The van der Waals surface area contributed by atoms with Gasteiger partial charge in [-0.1, -0.05) is 6.07 Å². The lowest BCUT2D eigenvalue weighted by molar-refractivity contribution is 0.571. The standard InChI is InChI=1S/C18H16FN7O2S/c1-9-5-11-16(21-7-9)25-26-17(11)24-18-22-8-12(15(20)23-18)10-3-4-13(19)14(6-10)29(2,27)28/h3-8H,1-2H3,(H4,20,21,22,23,24,25,26). The maximum Gasteiger partial charge on any atom is 0.230 e. The molecule has 9 nitrogen and oxygen atoms in total. The van der Waals surface area contributed by atoms with Crippen molar-refractivity contribution in [2.45, 2.75) is 11.8 Å². The van der Waals surface area contributed by atoms with E-state index in [-0.39, 0.29) is 11.8 Å². The SMILES string of the molecule is Cc1cnc2n[nH]c(Nc3ncc(-c4ccc(F)c(S(C)(=O)=O)c4)c(N)n3)c2c1. The molecule has 148 valence electrons. The van der Waals surface area contributed by atoms with E-state index in [1.165, 1.54) is 18.3 Å². The Labute approximate surface area is 165 Å². The van der Waals surface area contributed by atoms with E-state index < -0.39 is 20.5 Å². The lowest BCUT2D eigenvalue weighted by atomic mass is 10.1. The van der Waals surface area contributed by atoms with Crippen LogP contribution in [0.15, 0.2) is 41.6 Å². The molecule has 29 heavy (non-hydrogen) atoms. The van der Waals surface area contributed by atoms with Crippen LogP contribution in [0.5, 0.6) is 0 Å². The van der Waals surface area contributed by atoms with Crippen molar-refractivity contribution in [3.05, 3.63) is 48.0 Å². The van der Waals surface area contributed by atoms with Crippen LogP contribution >= 0.6 is 0 Å². The first-order valence-electron chi connectivity index (χ1n) is 8.42. The number of aromatic amines is 1. The number of H-pyrrole nitrogens is 1. The first-order valence-corrected chi connectivity index (χ1v) is 10.3. The van der Waals surface area contributed by atoms with E-state index in [1.807, 2.05) is 13.0 Å². The minimum atomic E-state index is -3.73. The zero-order valence-corrected chi connectivity index (χ0v) is 16.2. The fourth-order valence-electron chi connectivity index (χ4n) is 2.84. The van der Waals surface area contributed by atoms with Gasteiger partial charge in [-0.25, -0.2) is 22.8 Å². The molecule has 3 heterocycles. The van der Waals surface area contributed by atoms with E-state index in [9.17, 15) is 12.8 Å². The predicted octanol–water partition coefficient (Wildman–Crippen LogP) is 2.59. The van der Waals surface area contributed by atoms with Crippen LogP contribution in [0.1, 0.15) is 5.56 Å². The molecule has 0 spiro atoms. The monoisotopic (exact) mass is 413 g/mol. The van der Waals surface area contributed by atoms with Crippen molar-refractivity contribution in [2.24, 2.45) is 0 Å². The molecular weight excluding hydrogens is 397 g/mol. The number of nitrogens with two attached hydrogens (primary N) is 1. The fourth-order valence-corrected chi connectivity index (χ4v) is 3.61. The van der Waals surface area contributed by atoms with Crippen molar-refractivity contribution < 1.29 is 12.8 Å². The van der Waals surface area contributed by atoms with Gasteiger partial charge in [-0.15, -0.1) is 0 Å². The second-order valence-electron chi connectivity index (χ2n) is 6.52. The smallest absolute Gasteiger partial charge is 0.230 e. The number of nitrogens with zero attached hydrogens (tertiary/aromatic N) is 4. The number of nitrogens with one attached hydrogen (secondary N) is 2. The van der Waals surface area contributed by atoms with Crippen LogP contribution in [0.4, 0.5) is 22.0 Å². The Bertz CT molecular complexity index is 1350. The van der Waals surface area contributed by atoms with Crippen LogP contribution in [0.25, 0.3) is 22.2 Å². The molecule has 0 saturated heterocycles. The van der Waals surface area contributed by atoms with E-state index in [1.54, 1.807) is 6.20 Å². The lowest BCUT2D eigenvalue weighted by Crippen LogP contribution is -2.04. The third kappa shape index (κ3) is 3.59. The predicted molar refractivity (Wildman–Crippen MR) is 107 cm³/mol. The molecule has 0 aliphatic carbocycles. The fraction of sp³-hybridized carbons (Fsp3) is 0.111. The van der Waals surface area contributed by atoms with Crippen molar-refractivity contribution in [3.63, 3.8) is 0 Å². The maximum atomic E-state index is 13.8. The van der Waals surface area contributed by atoms with Gasteiger partial charge in [-0.05, 0) is 36.2 Å². The minimum Gasteiger partial charge on any atom is -0.383 e. The molecule has 0 aliphatic heterocycles. The number of aromatic nitrogens is 5. The number of aryl methyl sites for hydroxylation is 1. The molecule has 0 atom stereocenters. The number of pyridine rings is 1. The Morgan fingerprint density at radius 3 is 2.69 bits per heavy atom. The van der Waals surface area contributed by atoms with Crippen molar-refractivity contribution in [1.29, 1.82) is 0 Å². The number of rotatable bonds is 4. The largest absolute Gasteiger partial charge is 0.383 e. The van der Waals surface area contributed by atoms with Gasteiger partial charge in [0.05, 0.1) is 5.39 Å². The van der Waals surface area contributed by atoms with Crippen molar-refractivity contribution >= 4 is 38.5 Å². The van der Waals surface area contributed by atoms with Gasteiger partial charge in [0.15, 0.2) is 15.5 Å². The van der Waals surface area contributed by atoms with Crippen LogP contribution in [-0.2, 0) is 9.84 Å². The highest BCUT2D eigenvalue weighted by Gasteiger charge is 2.17. The Morgan fingerprint density at radius 1 is 1.17 bits per heavy atom. The van der Waals surface area contributed by atoms with Gasteiger partial charge >= 0.3 is 0 Å². The maximum absolute atomic E-state index is 13.8. The van der Waals surface area contributed by atoms with Crippen LogP contribution in [-0.4, -0.2) is 39.8 Å². The zero-order valence-electron chi connectivity index (χ0n) is 15.4. The molecule has 0 aliphatic rings. The van der Waals surface area contributed by atoms with E-state index in [0.29, 0.717) is 22.6 Å². The molecule has 11 heteroatoms. The Balaban J connectivity index is 1.69.